The smallest absolute Gasteiger partial charge is 0.0942 e. The number of rotatable bonds is 5. The lowest BCUT2D eigenvalue weighted by Gasteiger charge is -2.55. The quantitative estimate of drug-likeness (QED) is 0.748. The van der Waals surface area contributed by atoms with Gasteiger partial charge in [-0.05, 0) is 25.7 Å². The third kappa shape index (κ3) is 2.91. The summed E-state index contributed by atoms with van der Waals surface area (Å²) in [5.74, 6) is 1.85. The van der Waals surface area contributed by atoms with Crippen LogP contribution in [-0.2, 0) is 0 Å². The zero-order chi connectivity index (χ0) is 13.2. The number of likely N-dealkylation sites (tertiary alicyclic amines) is 1. The van der Waals surface area contributed by atoms with Crippen molar-refractivity contribution in [3.8, 4) is 0 Å². The Morgan fingerprint density at radius 2 is 1.83 bits per heavy atom. The molecule has 2 nitrogen and oxygen atoms in total. The van der Waals surface area contributed by atoms with Gasteiger partial charge in [0.25, 0.3) is 0 Å². The van der Waals surface area contributed by atoms with E-state index in [4.69, 9.17) is 5.73 Å². The van der Waals surface area contributed by atoms with Gasteiger partial charge < -0.3 is 10.2 Å². The highest BCUT2D eigenvalue weighted by molar-refractivity contribution is 4.83. The van der Waals surface area contributed by atoms with E-state index < -0.39 is 0 Å². The highest BCUT2D eigenvalue weighted by Crippen LogP contribution is 2.39. The van der Waals surface area contributed by atoms with Gasteiger partial charge in [0.1, 0.15) is 0 Å². The van der Waals surface area contributed by atoms with Crippen LogP contribution < -0.4 is 5.73 Å². The number of hydrogen-bond donors (Lipinski definition) is 1. The molecule has 18 heavy (non-hydrogen) atoms. The fourth-order valence-electron chi connectivity index (χ4n) is 4.46. The van der Waals surface area contributed by atoms with E-state index in [0.717, 1.165) is 17.9 Å². The lowest BCUT2D eigenvalue weighted by Crippen LogP contribution is -2.67. The fraction of sp³-hybridized carbons (Fsp3) is 1.00. The molecule has 0 amide bonds. The first-order valence-electron chi connectivity index (χ1n) is 8.21. The molecule has 1 aliphatic heterocycles. The Morgan fingerprint density at radius 3 is 2.39 bits per heavy atom. The standard InChI is InChI=1S/C16H33N2/c1-4-6-7-14-10-15(17)12-18(5-2,11-14)16-8-13(3)9-16/h13-16H,4-12,17H2,1-3H3/q+1. The molecule has 0 aromatic carbocycles. The summed E-state index contributed by atoms with van der Waals surface area (Å²) < 4.78 is 1.35. The van der Waals surface area contributed by atoms with Gasteiger partial charge in [-0.3, -0.25) is 0 Å². The van der Waals surface area contributed by atoms with E-state index >= 15 is 0 Å². The fourth-order valence-corrected chi connectivity index (χ4v) is 4.46. The van der Waals surface area contributed by atoms with Gasteiger partial charge in [0, 0.05) is 18.8 Å². The summed E-state index contributed by atoms with van der Waals surface area (Å²) in [5.41, 5.74) is 6.38. The van der Waals surface area contributed by atoms with E-state index in [1.54, 1.807) is 0 Å². The summed E-state index contributed by atoms with van der Waals surface area (Å²) in [6.07, 6.45) is 8.30. The molecule has 2 rings (SSSR count). The highest BCUT2D eigenvalue weighted by atomic mass is 15.4. The average molecular weight is 253 g/mol. The summed E-state index contributed by atoms with van der Waals surface area (Å²) in [5, 5.41) is 0. The molecule has 0 radical (unpaired) electrons. The second-order valence-corrected chi connectivity index (χ2v) is 7.13. The molecular weight excluding hydrogens is 220 g/mol. The number of nitrogens with zero attached hydrogens (tertiary/aromatic N) is 1. The summed E-state index contributed by atoms with van der Waals surface area (Å²) in [6, 6.07) is 1.39. The molecule has 1 aliphatic carbocycles. The molecule has 2 aliphatic rings. The zero-order valence-electron chi connectivity index (χ0n) is 12.7. The van der Waals surface area contributed by atoms with Gasteiger partial charge in [-0.15, -0.1) is 0 Å². The van der Waals surface area contributed by atoms with E-state index in [1.807, 2.05) is 0 Å². The molecular formula is C16H33N2+. The Bertz CT molecular complexity index is 260. The second-order valence-electron chi connectivity index (χ2n) is 7.13. The van der Waals surface area contributed by atoms with Crippen molar-refractivity contribution < 1.29 is 4.48 Å². The van der Waals surface area contributed by atoms with Crippen molar-refractivity contribution in [2.75, 3.05) is 19.6 Å². The second kappa shape index (κ2) is 5.92. The Hall–Kier alpha value is -0.0800. The van der Waals surface area contributed by atoms with Gasteiger partial charge in [0.2, 0.25) is 0 Å². The predicted molar refractivity (Wildman–Crippen MR) is 78.3 cm³/mol. The zero-order valence-corrected chi connectivity index (χ0v) is 12.7. The van der Waals surface area contributed by atoms with Gasteiger partial charge in [-0.2, -0.15) is 0 Å². The lowest BCUT2D eigenvalue weighted by atomic mass is 9.76. The van der Waals surface area contributed by atoms with E-state index in [9.17, 15) is 0 Å². The Balaban J connectivity index is 1.99. The Morgan fingerprint density at radius 1 is 1.11 bits per heavy atom. The number of quaternary nitrogens is 1. The molecule has 0 bridgehead atoms. The van der Waals surface area contributed by atoms with Gasteiger partial charge in [-0.1, -0.05) is 26.7 Å². The van der Waals surface area contributed by atoms with E-state index in [0.29, 0.717) is 6.04 Å². The first-order chi connectivity index (χ1) is 8.59. The molecule has 2 fully saturated rings. The first-order valence-corrected chi connectivity index (χ1v) is 8.21. The van der Waals surface area contributed by atoms with Crippen LogP contribution in [0.15, 0.2) is 0 Å². The van der Waals surface area contributed by atoms with Crippen LogP contribution in [0.4, 0.5) is 0 Å². The minimum Gasteiger partial charge on any atom is -0.323 e. The van der Waals surface area contributed by atoms with Crippen LogP contribution in [-0.4, -0.2) is 36.2 Å². The minimum atomic E-state index is 0.455. The summed E-state index contributed by atoms with van der Waals surface area (Å²) >= 11 is 0. The molecule has 1 saturated heterocycles. The van der Waals surface area contributed by atoms with Crippen LogP contribution in [0.2, 0.25) is 0 Å². The van der Waals surface area contributed by atoms with Crippen molar-refractivity contribution in [2.24, 2.45) is 17.6 Å². The van der Waals surface area contributed by atoms with Gasteiger partial charge >= 0.3 is 0 Å². The van der Waals surface area contributed by atoms with Crippen molar-refractivity contribution in [1.29, 1.82) is 0 Å². The molecule has 2 N–H and O–H groups in total. The molecule has 1 saturated carbocycles. The number of nitrogens with two attached hydrogens (primary N) is 1. The van der Waals surface area contributed by atoms with E-state index in [1.165, 1.54) is 62.6 Å². The topological polar surface area (TPSA) is 26.0 Å². The van der Waals surface area contributed by atoms with Crippen molar-refractivity contribution in [3.63, 3.8) is 0 Å². The maximum Gasteiger partial charge on any atom is 0.0942 e. The third-order valence-corrected chi connectivity index (χ3v) is 5.58. The Kier molecular flexibility index (Phi) is 4.71. The number of hydrogen-bond acceptors (Lipinski definition) is 1. The number of piperidine rings is 1. The van der Waals surface area contributed by atoms with Crippen molar-refractivity contribution in [2.45, 2.75) is 71.4 Å². The maximum atomic E-state index is 6.38. The van der Waals surface area contributed by atoms with Crippen molar-refractivity contribution >= 4 is 0 Å². The molecule has 2 heteroatoms. The first kappa shape index (κ1) is 14.3. The molecule has 0 aromatic heterocycles. The molecule has 3 unspecified atom stereocenters. The van der Waals surface area contributed by atoms with Gasteiger partial charge in [-0.25, -0.2) is 0 Å². The molecule has 1 heterocycles. The summed E-state index contributed by atoms with van der Waals surface area (Å²) in [4.78, 5) is 0. The normalized spacial score (nSPS) is 44.7. The van der Waals surface area contributed by atoms with Crippen LogP contribution in [0.25, 0.3) is 0 Å². The van der Waals surface area contributed by atoms with Crippen LogP contribution in [0.1, 0.15) is 59.3 Å². The van der Waals surface area contributed by atoms with Gasteiger partial charge in [0.05, 0.1) is 31.7 Å². The SMILES string of the molecule is CCCCC1CC(N)C[N+](CC)(C2CC(C)C2)C1. The number of likely N-dealkylation sites (N-methyl/N-ethyl adjacent to an activating group) is 1. The average Bonchev–Trinajstić information content (AvgIpc) is 2.31. The van der Waals surface area contributed by atoms with Gasteiger partial charge in [0.15, 0.2) is 0 Å². The third-order valence-electron chi connectivity index (χ3n) is 5.58. The minimum absolute atomic E-state index is 0.455. The van der Waals surface area contributed by atoms with Crippen LogP contribution in [0, 0.1) is 11.8 Å². The maximum absolute atomic E-state index is 6.38. The van der Waals surface area contributed by atoms with E-state index in [2.05, 4.69) is 20.8 Å². The monoisotopic (exact) mass is 253 g/mol. The summed E-state index contributed by atoms with van der Waals surface area (Å²) in [6.45, 7) is 11.1. The van der Waals surface area contributed by atoms with Crippen LogP contribution in [0.3, 0.4) is 0 Å². The molecule has 0 spiro atoms. The highest BCUT2D eigenvalue weighted by Gasteiger charge is 2.47. The number of unbranched alkanes of at least 4 members (excludes halogenated alkanes) is 1. The van der Waals surface area contributed by atoms with Crippen LogP contribution in [0.5, 0.6) is 0 Å². The van der Waals surface area contributed by atoms with E-state index in [-0.39, 0.29) is 0 Å². The lowest BCUT2D eigenvalue weighted by molar-refractivity contribution is -0.964. The van der Waals surface area contributed by atoms with Crippen molar-refractivity contribution in [3.05, 3.63) is 0 Å². The molecule has 3 atom stereocenters. The Labute approximate surface area is 114 Å². The molecule has 106 valence electrons. The summed E-state index contributed by atoms with van der Waals surface area (Å²) in [7, 11) is 0. The largest absolute Gasteiger partial charge is 0.323 e. The van der Waals surface area contributed by atoms with Crippen molar-refractivity contribution in [1.82, 2.24) is 0 Å². The molecule has 0 aromatic rings. The predicted octanol–water partition coefficient (Wildman–Crippen LogP) is 3.16. The van der Waals surface area contributed by atoms with Crippen LogP contribution >= 0.6 is 0 Å².